The van der Waals surface area contributed by atoms with Crippen LogP contribution in [0.3, 0.4) is 0 Å². The van der Waals surface area contributed by atoms with Gasteiger partial charge in [0.1, 0.15) is 3.23 Å². The molecule has 1 aliphatic heterocycles. The lowest BCUT2D eigenvalue weighted by atomic mass is 9.95. The van der Waals surface area contributed by atoms with E-state index in [-0.39, 0.29) is 11.7 Å². The van der Waals surface area contributed by atoms with Gasteiger partial charge in [-0.2, -0.15) is 0 Å². The van der Waals surface area contributed by atoms with Crippen molar-refractivity contribution in [1.82, 2.24) is 4.57 Å². The van der Waals surface area contributed by atoms with Crippen LogP contribution in [0.4, 0.5) is 0 Å². The van der Waals surface area contributed by atoms with Crippen molar-refractivity contribution < 1.29 is 19.0 Å². The molecular weight excluding hydrogens is 454 g/mol. The van der Waals surface area contributed by atoms with E-state index in [2.05, 4.69) is 31.9 Å². The number of Topliss-reactive ketones (excluding diaryl/α,β-unsaturated/α-hetero) is 1. The zero-order valence-corrected chi connectivity index (χ0v) is 17.2. The Morgan fingerprint density at radius 3 is 2.28 bits per heavy atom. The van der Waals surface area contributed by atoms with E-state index in [1.54, 1.807) is 21.3 Å². The minimum Gasteiger partial charge on any atom is -0.493 e. The average Bonchev–Trinajstić information content (AvgIpc) is 2.91. The molecule has 0 amide bonds. The standard InChI is InChI=1S/C18H17Br2NO4/c1-23-12-7-10(8-13(24-2)14(12)25-3)15-17(18(15,19)20)9-21-6-4-5-11(21)16(17)22/h4-8,15H,9H2,1-3H3/t15-,17+/m1/s1. The zero-order chi connectivity index (χ0) is 18.0. The van der Waals surface area contributed by atoms with Gasteiger partial charge >= 0.3 is 0 Å². The number of ketones is 1. The molecule has 1 aliphatic carbocycles. The Bertz CT molecular complexity index is 851. The minimum atomic E-state index is -0.561. The summed E-state index contributed by atoms with van der Waals surface area (Å²) in [4.78, 5) is 13.1. The smallest absolute Gasteiger partial charge is 0.203 e. The number of ether oxygens (including phenoxy) is 3. The van der Waals surface area contributed by atoms with Gasteiger partial charge in [0.2, 0.25) is 5.75 Å². The van der Waals surface area contributed by atoms with Crippen LogP contribution in [-0.4, -0.2) is 34.9 Å². The third kappa shape index (κ3) is 2.02. The summed E-state index contributed by atoms with van der Waals surface area (Å²) >= 11 is 7.51. The number of aromatic nitrogens is 1. The molecule has 0 N–H and O–H groups in total. The van der Waals surface area contributed by atoms with Crippen LogP contribution in [0.25, 0.3) is 0 Å². The van der Waals surface area contributed by atoms with Crippen molar-refractivity contribution in [2.75, 3.05) is 21.3 Å². The van der Waals surface area contributed by atoms with E-state index in [0.29, 0.717) is 23.8 Å². The zero-order valence-electron chi connectivity index (χ0n) is 14.0. The molecule has 132 valence electrons. The molecule has 0 radical (unpaired) electrons. The van der Waals surface area contributed by atoms with Crippen LogP contribution in [-0.2, 0) is 6.54 Å². The van der Waals surface area contributed by atoms with Crippen LogP contribution in [0.2, 0.25) is 0 Å². The van der Waals surface area contributed by atoms with Crippen molar-refractivity contribution >= 4 is 37.6 Å². The normalized spacial score (nSPS) is 25.8. The molecule has 2 heterocycles. The Morgan fingerprint density at radius 1 is 1.12 bits per heavy atom. The minimum absolute atomic E-state index is 0.0545. The van der Waals surface area contributed by atoms with E-state index in [0.717, 1.165) is 11.3 Å². The average molecular weight is 471 g/mol. The first-order chi connectivity index (χ1) is 11.9. The molecule has 0 unspecified atom stereocenters. The first kappa shape index (κ1) is 17.0. The van der Waals surface area contributed by atoms with E-state index < -0.39 is 8.65 Å². The highest BCUT2D eigenvalue weighted by Gasteiger charge is 2.81. The second kappa shape index (κ2) is 5.51. The highest BCUT2D eigenvalue weighted by Crippen LogP contribution is 2.79. The summed E-state index contributed by atoms with van der Waals surface area (Å²) in [5, 5.41) is 0. The van der Waals surface area contributed by atoms with Gasteiger partial charge in [-0.3, -0.25) is 4.79 Å². The molecule has 25 heavy (non-hydrogen) atoms. The van der Waals surface area contributed by atoms with Gasteiger partial charge in [0, 0.05) is 18.7 Å². The molecule has 0 bridgehead atoms. The largest absolute Gasteiger partial charge is 0.493 e. The topological polar surface area (TPSA) is 49.7 Å². The number of hydrogen-bond donors (Lipinski definition) is 0. The maximum absolute atomic E-state index is 13.1. The number of benzene rings is 1. The maximum Gasteiger partial charge on any atom is 0.203 e. The van der Waals surface area contributed by atoms with E-state index in [9.17, 15) is 4.79 Å². The lowest BCUT2D eigenvalue weighted by Crippen LogP contribution is -2.18. The summed E-state index contributed by atoms with van der Waals surface area (Å²) in [5.74, 6) is 1.80. The highest BCUT2D eigenvalue weighted by molar-refractivity contribution is 9.25. The molecule has 1 aromatic heterocycles. The van der Waals surface area contributed by atoms with Gasteiger partial charge in [-0.25, -0.2) is 0 Å². The maximum atomic E-state index is 13.1. The molecule has 0 saturated heterocycles. The summed E-state index contributed by atoms with van der Waals surface area (Å²) in [6.45, 7) is 0.631. The van der Waals surface area contributed by atoms with Crippen LogP contribution >= 0.6 is 31.9 Å². The molecule has 1 saturated carbocycles. The summed E-state index contributed by atoms with van der Waals surface area (Å²) in [6.07, 6.45) is 1.95. The van der Waals surface area contributed by atoms with Crippen LogP contribution in [0, 0.1) is 5.41 Å². The predicted octanol–water partition coefficient (Wildman–Crippen LogP) is 3.98. The number of fused-ring (bicyclic) bond motifs is 1. The fourth-order valence-corrected chi connectivity index (χ4v) is 6.17. The van der Waals surface area contributed by atoms with Crippen molar-refractivity contribution in [3.8, 4) is 17.2 Å². The fourth-order valence-electron chi connectivity index (χ4n) is 4.02. The number of nitrogens with zero attached hydrogens (tertiary/aromatic N) is 1. The number of alkyl halides is 2. The first-order valence-corrected chi connectivity index (χ1v) is 9.38. The summed E-state index contributed by atoms with van der Waals surface area (Å²) < 4.78 is 17.8. The van der Waals surface area contributed by atoms with Crippen molar-refractivity contribution in [2.24, 2.45) is 5.41 Å². The molecule has 2 aromatic rings. The predicted molar refractivity (Wildman–Crippen MR) is 101 cm³/mol. The molecule has 1 aromatic carbocycles. The summed E-state index contributed by atoms with van der Waals surface area (Å²) in [6, 6.07) is 7.61. The van der Waals surface area contributed by atoms with Crippen LogP contribution in [0.15, 0.2) is 30.5 Å². The molecule has 2 atom stereocenters. The number of carbonyl (C=O) groups is 1. The second-order valence-corrected chi connectivity index (χ2v) is 9.90. The molecule has 5 nitrogen and oxygen atoms in total. The number of rotatable bonds is 4. The number of methoxy groups -OCH3 is 3. The number of halogens is 2. The van der Waals surface area contributed by atoms with E-state index in [4.69, 9.17) is 14.2 Å². The Morgan fingerprint density at radius 2 is 1.76 bits per heavy atom. The molecule has 2 aliphatic rings. The van der Waals surface area contributed by atoms with Gasteiger partial charge in [-0.05, 0) is 29.8 Å². The van der Waals surface area contributed by atoms with Gasteiger partial charge in [-0.1, -0.05) is 31.9 Å². The van der Waals surface area contributed by atoms with Crippen LogP contribution < -0.4 is 14.2 Å². The van der Waals surface area contributed by atoms with Gasteiger partial charge < -0.3 is 18.8 Å². The monoisotopic (exact) mass is 469 g/mol. The van der Waals surface area contributed by atoms with E-state index in [1.165, 1.54) is 0 Å². The Hall–Kier alpha value is -1.47. The van der Waals surface area contributed by atoms with Gasteiger partial charge in [-0.15, -0.1) is 0 Å². The number of carbonyl (C=O) groups excluding carboxylic acids is 1. The lowest BCUT2D eigenvalue weighted by Gasteiger charge is -2.15. The van der Waals surface area contributed by atoms with Gasteiger partial charge in [0.15, 0.2) is 17.3 Å². The van der Waals surface area contributed by atoms with Crippen molar-refractivity contribution in [3.05, 3.63) is 41.7 Å². The van der Waals surface area contributed by atoms with Crippen molar-refractivity contribution in [3.63, 3.8) is 0 Å². The third-order valence-electron chi connectivity index (χ3n) is 5.27. The molecule has 4 rings (SSSR count). The third-order valence-corrected chi connectivity index (χ3v) is 7.61. The molecule has 7 heteroatoms. The lowest BCUT2D eigenvalue weighted by molar-refractivity contribution is 0.0914. The van der Waals surface area contributed by atoms with Gasteiger partial charge in [0.25, 0.3) is 0 Å². The second-order valence-electron chi connectivity index (χ2n) is 6.34. The van der Waals surface area contributed by atoms with Crippen molar-refractivity contribution in [1.29, 1.82) is 0 Å². The summed E-state index contributed by atoms with van der Waals surface area (Å²) in [7, 11) is 4.75. The highest BCUT2D eigenvalue weighted by atomic mass is 79.9. The Kier molecular flexibility index (Phi) is 3.74. The van der Waals surface area contributed by atoms with Crippen molar-refractivity contribution in [2.45, 2.75) is 15.7 Å². The van der Waals surface area contributed by atoms with E-state index >= 15 is 0 Å². The van der Waals surface area contributed by atoms with Gasteiger partial charge in [0.05, 0.1) is 32.4 Å². The Balaban J connectivity index is 1.81. The fraction of sp³-hybridized carbons (Fsp3) is 0.389. The first-order valence-electron chi connectivity index (χ1n) is 7.80. The SMILES string of the molecule is COc1cc([C@H]2C(Br)(Br)[C@@]23Cn2cccc2C3=O)cc(OC)c1OC. The molecule has 1 spiro atoms. The summed E-state index contributed by atoms with van der Waals surface area (Å²) in [5.41, 5.74) is 1.15. The molecular formula is C18H17Br2NO4. The van der Waals surface area contributed by atoms with E-state index in [1.807, 2.05) is 35.0 Å². The van der Waals surface area contributed by atoms with Crippen LogP contribution in [0.5, 0.6) is 17.2 Å². The quantitative estimate of drug-likeness (QED) is 0.634. The number of hydrogen-bond acceptors (Lipinski definition) is 4. The van der Waals surface area contributed by atoms with Crippen LogP contribution in [0.1, 0.15) is 22.0 Å². The Labute approximate surface area is 162 Å². The molecule has 1 fully saturated rings.